The number of nitrogens with one attached hydrogen (secondary N) is 3. The summed E-state index contributed by atoms with van der Waals surface area (Å²) in [5.41, 5.74) is 0.00205. The van der Waals surface area contributed by atoms with E-state index in [1.165, 1.54) is 18.2 Å². The van der Waals surface area contributed by atoms with Gasteiger partial charge in [-0.2, -0.15) is 10.1 Å². The van der Waals surface area contributed by atoms with Crippen molar-refractivity contribution in [3.8, 4) is 22.9 Å². The van der Waals surface area contributed by atoms with Crippen LogP contribution in [0.4, 0.5) is 5.82 Å². The molecule has 0 aliphatic heterocycles. The molecule has 1 amide bonds. The summed E-state index contributed by atoms with van der Waals surface area (Å²) < 4.78 is 5.12. The smallest absolute Gasteiger partial charge is 0.272 e. The van der Waals surface area contributed by atoms with E-state index in [0.29, 0.717) is 30.7 Å². The Labute approximate surface area is 187 Å². The summed E-state index contributed by atoms with van der Waals surface area (Å²) in [4.78, 5) is 28.1. The van der Waals surface area contributed by atoms with Crippen LogP contribution >= 0.6 is 0 Å². The monoisotopic (exact) mass is 450 g/mol. The first kappa shape index (κ1) is 21.8. The van der Waals surface area contributed by atoms with Gasteiger partial charge in [-0.3, -0.25) is 9.59 Å². The number of rotatable bonds is 9. The van der Waals surface area contributed by atoms with E-state index in [4.69, 9.17) is 4.52 Å². The fourth-order valence-electron chi connectivity index (χ4n) is 3.25. The molecule has 2 aromatic carbocycles. The zero-order valence-corrected chi connectivity index (χ0v) is 17.5. The van der Waals surface area contributed by atoms with Crippen LogP contribution in [0.1, 0.15) is 18.7 Å². The number of anilines is 1. The van der Waals surface area contributed by atoms with Gasteiger partial charge in [-0.25, -0.2) is 5.10 Å². The molecule has 11 heteroatoms. The fraction of sp³-hybridized carbons (Fsp3) is 0.227. The van der Waals surface area contributed by atoms with Crippen LogP contribution < -0.4 is 16.2 Å². The van der Waals surface area contributed by atoms with Gasteiger partial charge in [0.2, 0.25) is 17.6 Å². The minimum atomic E-state index is -0.240. The van der Waals surface area contributed by atoms with E-state index in [-0.39, 0.29) is 53.1 Å². The van der Waals surface area contributed by atoms with Crippen molar-refractivity contribution in [1.82, 2.24) is 25.7 Å². The number of phenolic OH excluding ortho intramolecular Hbond substituents is 2. The van der Waals surface area contributed by atoms with Crippen LogP contribution in [0.3, 0.4) is 0 Å². The maximum atomic E-state index is 12.1. The lowest BCUT2D eigenvalue weighted by Crippen LogP contribution is -2.26. The Morgan fingerprint density at radius 2 is 1.91 bits per heavy atom. The van der Waals surface area contributed by atoms with E-state index in [0.717, 1.165) is 5.39 Å². The average Bonchev–Trinajstić information content (AvgIpc) is 3.29. The maximum Gasteiger partial charge on any atom is 0.272 e. The lowest BCUT2D eigenvalue weighted by atomic mass is 10.2. The highest BCUT2D eigenvalue weighted by Gasteiger charge is 2.14. The standard InChI is InChI=1S/C22H22N6O5/c29-13-6-7-17(30)16(12-13)21-25-19(33-28-21)9-8-18(31)23-10-3-11-24-20-14-4-1-2-5-15(14)22(32)27-26-20/h1-2,4-7,12,29-30H,3,8-11H2,(H,23,31)(H,24,26)(H,27,32). The first-order valence-corrected chi connectivity index (χ1v) is 10.3. The zero-order valence-electron chi connectivity index (χ0n) is 17.5. The summed E-state index contributed by atoms with van der Waals surface area (Å²) in [7, 11) is 0. The van der Waals surface area contributed by atoms with Crippen LogP contribution in [0.15, 0.2) is 51.8 Å². The first-order valence-electron chi connectivity index (χ1n) is 10.3. The Hall–Kier alpha value is -4.41. The Bertz CT molecular complexity index is 1330. The van der Waals surface area contributed by atoms with Gasteiger partial charge in [0.05, 0.1) is 10.9 Å². The topological polar surface area (TPSA) is 166 Å². The second-order valence-corrected chi connectivity index (χ2v) is 7.29. The Morgan fingerprint density at radius 3 is 2.76 bits per heavy atom. The lowest BCUT2D eigenvalue weighted by Gasteiger charge is -2.08. The number of aromatic amines is 1. The van der Waals surface area contributed by atoms with Gasteiger partial charge in [-0.05, 0) is 30.7 Å². The Morgan fingerprint density at radius 1 is 1.09 bits per heavy atom. The molecule has 0 unspecified atom stereocenters. The van der Waals surface area contributed by atoms with E-state index < -0.39 is 0 Å². The van der Waals surface area contributed by atoms with Crippen LogP contribution in [0.2, 0.25) is 0 Å². The molecule has 0 saturated carbocycles. The van der Waals surface area contributed by atoms with Crippen molar-refractivity contribution in [1.29, 1.82) is 0 Å². The summed E-state index contributed by atoms with van der Waals surface area (Å²) in [5, 5.41) is 37.0. The minimum absolute atomic E-state index is 0.0347. The molecule has 0 bridgehead atoms. The molecule has 11 nitrogen and oxygen atoms in total. The fourth-order valence-corrected chi connectivity index (χ4v) is 3.25. The molecule has 0 aliphatic carbocycles. The molecule has 170 valence electrons. The van der Waals surface area contributed by atoms with E-state index in [1.807, 2.05) is 12.1 Å². The van der Waals surface area contributed by atoms with Crippen molar-refractivity contribution in [3.63, 3.8) is 0 Å². The lowest BCUT2D eigenvalue weighted by molar-refractivity contribution is -0.121. The van der Waals surface area contributed by atoms with Crippen LogP contribution in [0.5, 0.6) is 11.5 Å². The van der Waals surface area contributed by atoms with Crippen LogP contribution in [-0.4, -0.2) is 49.5 Å². The highest BCUT2D eigenvalue weighted by atomic mass is 16.5. The third-order valence-corrected chi connectivity index (χ3v) is 4.92. The summed E-state index contributed by atoms with van der Waals surface area (Å²) in [6.07, 6.45) is 1.06. The van der Waals surface area contributed by atoms with Crippen LogP contribution in [-0.2, 0) is 11.2 Å². The van der Waals surface area contributed by atoms with Crippen molar-refractivity contribution in [3.05, 3.63) is 58.7 Å². The quantitative estimate of drug-likeness (QED) is 0.189. The molecule has 4 rings (SSSR count). The normalized spacial score (nSPS) is 10.9. The highest BCUT2D eigenvalue weighted by molar-refractivity contribution is 5.90. The molecule has 33 heavy (non-hydrogen) atoms. The summed E-state index contributed by atoms with van der Waals surface area (Å²) in [6, 6.07) is 11.2. The van der Waals surface area contributed by atoms with E-state index in [9.17, 15) is 19.8 Å². The second kappa shape index (κ2) is 9.81. The largest absolute Gasteiger partial charge is 0.508 e. The number of fused-ring (bicyclic) bond motifs is 1. The average molecular weight is 450 g/mol. The Kier molecular flexibility index (Phi) is 6.48. The number of hydrogen-bond acceptors (Lipinski definition) is 9. The molecule has 0 saturated heterocycles. The van der Waals surface area contributed by atoms with Gasteiger partial charge < -0.3 is 25.4 Å². The van der Waals surface area contributed by atoms with Crippen molar-refractivity contribution in [2.75, 3.05) is 18.4 Å². The van der Waals surface area contributed by atoms with Crippen LogP contribution in [0, 0.1) is 0 Å². The minimum Gasteiger partial charge on any atom is -0.508 e. The van der Waals surface area contributed by atoms with Gasteiger partial charge in [-0.1, -0.05) is 23.4 Å². The van der Waals surface area contributed by atoms with E-state index >= 15 is 0 Å². The third kappa shape index (κ3) is 5.26. The van der Waals surface area contributed by atoms with Gasteiger partial charge in [0, 0.05) is 31.3 Å². The number of aryl methyl sites for hydroxylation is 1. The number of benzene rings is 2. The van der Waals surface area contributed by atoms with Gasteiger partial charge >= 0.3 is 0 Å². The number of H-pyrrole nitrogens is 1. The number of carbonyl (C=O) groups is 1. The van der Waals surface area contributed by atoms with Crippen molar-refractivity contribution in [2.24, 2.45) is 0 Å². The van der Waals surface area contributed by atoms with Gasteiger partial charge in [-0.15, -0.1) is 0 Å². The Balaban J connectivity index is 1.20. The van der Waals surface area contributed by atoms with Crippen molar-refractivity contribution < 1.29 is 19.5 Å². The molecular formula is C22H22N6O5. The number of phenols is 2. The molecule has 2 heterocycles. The first-order chi connectivity index (χ1) is 16.0. The van der Waals surface area contributed by atoms with E-state index in [2.05, 4.69) is 31.0 Å². The summed E-state index contributed by atoms with van der Waals surface area (Å²) >= 11 is 0. The number of carbonyl (C=O) groups excluding carboxylic acids is 1. The molecule has 0 fully saturated rings. The van der Waals surface area contributed by atoms with E-state index in [1.54, 1.807) is 12.1 Å². The maximum absolute atomic E-state index is 12.1. The zero-order chi connectivity index (χ0) is 23.2. The molecule has 5 N–H and O–H groups in total. The van der Waals surface area contributed by atoms with Crippen molar-refractivity contribution in [2.45, 2.75) is 19.3 Å². The predicted octanol–water partition coefficient (Wildman–Crippen LogP) is 1.94. The SMILES string of the molecule is O=C(CCc1nc(-c2cc(O)ccc2O)no1)NCCCNc1n[nH]c(=O)c2ccccc12. The third-order valence-electron chi connectivity index (χ3n) is 4.92. The van der Waals surface area contributed by atoms with Gasteiger partial charge in [0.15, 0.2) is 5.82 Å². The molecule has 0 atom stereocenters. The molecule has 0 spiro atoms. The summed E-state index contributed by atoms with van der Waals surface area (Å²) in [6.45, 7) is 1.02. The van der Waals surface area contributed by atoms with Crippen molar-refractivity contribution >= 4 is 22.5 Å². The van der Waals surface area contributed by atoms with Crippen LogP contribution in [0.25, 0.3) is 22.2 Å². The second-order valence-electron chi connectivity index (χ2n) is 7.29. The molecule has 2 aromatic heterocycles. The number of aromatic hydroxyl groups is 2. The summed E-state index contributed by atoms with van der Waals surface area (Å²) in [5.74, 6) is 0.682. The number of amides is 1. The number of aromatic nitrogens is 4. The van der Waals surface area contributed by atoms with Gasteiger partial charge in [0.1, 0.15) is 11.5 Å². The van der Waals surface area contributed by atoms with Gasteiger partial charge in [0.25, 0.3) is 5.56 Å². The predicted molar refractivity (Wildman–Crippen MR) is 120 cm³/mol. The highest BCUT2D eigenvalue weighted by Crippen LogP contribution is 2.30. The number of hydrogen-bond donors (Lipinski definition) is 5. The molecule has 4 aromatic rings. The molecular weight excluding hydrogens is 428 g/mol. The molecule has 0 aliphatic rings. The molecule has 0 radical (unpaired) electrons. The number of nitrogens with zero attached hydrogens (tertiary/aromatic N) is 3.